The second-order valence-corrected chi connectivity index (χ2v) is 8.51. The normalized spacial score (nSPS) is 38.3. The maximum absolute atomic E-state index is 6.31. The van der Waals surface area contributed by atoms with E-state index in [1.165, 1.54) is 90.1 Å². The van der Waals surface area contributed by atoms with Crippen LogP contribution in [-0.4, -0.2) is 30.1 Å². The summed E-state index contributed by atoms with van der Waals surface area (Å²) in [6, 6.07) is 0. The molecule has 122 valence electrons. The number of nitrogens with two attached hydrogens (primary N) is 1. The molecule has 0 amide bonds. The van der Waals surface area contributed by atoms with Crippen molar-refractivity contribution >= 4 is 0 Å². The van der Waals surface area contributed by atoms with Gasteiger partial charge in [-0.3, -0.25) is 4.90 Å². The van der Waals surface area contributed by atoms with Gasteiger partial charge in [0.25, 0.3) is 0 Å². The van der Waals surface area contributed by atoms with Crippen molar-refractivity contribution in [2.45, 2.75) is 89.5 Å². The number of hydrogen-bond acceptors (Lipinski definition) is 2. The first-order chi connectivity index (χ1) is 10.2. The van der Waals surface area contributed by atoms with Gasteiger partial charge >= 0.3 is 0 Å². The Labute approximate surface area is 131 Å². The van der Waals surface area contributed by atoms with E-state index < -0.39 is 0 Å². The molecule has 3 aliphatic rings. The van der Waals surface area contributed by atoms with Crippen LogP contribution in [0, 0.1) is 11.3 Å². The Bertz CT molecular complexity index is 324. The predicted octanol–water partition coefficient (Wildman–Crippen LogP) is 4.33. The van der Waals surface area contributed by atoms with Crippen LogP contribution in [0.5, 0.6) is 0 Å². The largest absolute Gasteiger partial charge is 0.329 e. The molecule has 2 saturated carbocycles. The molecule has 1 spiro atoms. The second-order valence-electron chi connectivity index (χ2n) is 8.51. The highest BCUT2D eigenvalue weighted by Gasteiger charge is 2.42. The third-order valence-electron chi connectivity index (χ3n) is 7.23. The average Bonchev–Trinajstić information content (AvgIpc) is 2.71. The van der Waals surface area contributed by atoms with Crippen LogP contribution >= 0.6 is 0 Å². The number of hydrogen-bond donors (Lipinski definition) is 1. The zero-order chi connectivity index (χ0) is 14.8. The molecule has 0 aromatic carbocycles. The summed E-state index contributed by atoms with van der Waals surface area (Å²) in [7, 11) is 0. The summed E-state index contributed by atoms with van der Waals surface area (Å²) in [4.78, 5) is 2.82. The van der Waals surface area contributed by atoms with Gasteiger partial charge in [-0.05, 0) is 69.4 Å². The fourth-order valence-corrected chi connectivity index (χ4v) is 5.47. The van der Waals surface area contributed by atoms with Crippen molar-refractivity contribution in [1.82, 2.24) is 4.90 Å². The van der Waals surface area contributed by atoms with Gasteiger partial charge in [-0.15, -0.1) is 0 Å². The minimum absolute atomic E-state index is 0.348. The number of piperidine rings is 1. The molecule has 21 heavy (non-hydrogen) atoms. The molecule has 3 fully saturated rings. The zero-order valence-electron chi connectivity index (χ0n) is 14.2. The van der Waals surface area contributed by atoms with Crippen LogP contribution in [0.1, 0.15) is 84.0 Å². The maximum atomic E-state index is 6.31. The van der Waals surface area contributed by atoms with E-state index in [1.54, 1.807) is 0 Å². The predicted molar refractivity (Wildman–Crippen MR) is 90.4 cm³/mol. The van der Waals surface area contributed by atoms with Gasteiger partial charge in [0.2, 0.25) is 0 Å². The van der Waals surface area contributed by atoms with Gasteiger partial charge in [0, 0.05) is 12.1 Å². The van der Waals surface area contributed by atoms with Crippen molar-refractivity contribution in [3.63, 3.8) is 0 Å². The first-order valence-corrected chi connectivity index (χ1v) is 9.63. The number of rotatable bonds is 2. The Morgan fingerprint density at radius 2 is 1.57 bits per heavy atom. The van der Waals surface area contributed by atoms with E-state index >= 15 is 0 Å². The Morgan fingerprint density at radius 3 is 2.24 bits per heavy atom. The van der Waals surface area contributed by atoms with Crippen LogP contribution in [0.25, 0.3) is 0 Å². The highest BCUT2D eigenvalue weighted by Crippen LogP contribution is 2.46. The minimum Gasteiger partial charge on any atom is -0.329 e. The fraction of sp³-hybridized carbons (Fsp3) is 1.00. The van der Waals surface area contributed by atoms with Crippen LogP contribution in [0.2, 0.25) is 0 Å². The second kappa shape index (κ2) is 6.58. The zero-order valence-corrected chi connectivity index (χ0v) is 14.2. The van der Waals surface area contributed by atoms with Crippen LogP contribution in [0.15, 0.2) is 0 Å². The monoisotopic (exact) mass is 292 g/mol. The molecule has 0 aromatic rings. The summed E-state index contributed by atoms with van der Waals surface area (Å²) in [5.74, 6) is 0.910. The van der Waals surface area contributed by atoms with Gasteiger partial charge in [0.05, 0.1) is 0 Å². The highest BCUT2D eigenvalue weighted by atomic mass is 15.2. The smallest absolute Gasteiger partial charge is 0.0331 e. The van der Waals surface area contributed by atoms with E-state index in [0.717, 1.165) is 17.9 Å². The number of nitrogens with zero attached hydrogens (tertiary/aromatic N) is 1. The molecule has 1 saturated heterocycles. The van der Waals surface area contributed by atoms with E-state index in [-0.39, 0.29) is 0 Å². The molecule has 2 unspecified atom stereocenters. The Hall–Kier alpha value is -0.0800. The molecule has 1 heterocycles. The molecule has 0 radical (unpaired) electrons. The molecular weight excluding hydrogens is 256 g/mol. The van der Waals surface area contributed by atoms with Gasteiger partial charge in [0.1, 0.15) is 0 Å². The molecule has 0 bridgehead atoms. The topological polar surface area (TPSA) is 29.3 Å². The van der Waals surface area contributed by atoms with Crippen molar-refractivity contribution in [2.75, 3.05) is 19.6 Å². The van der Waals surface area contributed by atoms with Crippen LogP contribution < -0.4 is 5.73 Å². The lowest BCUT2D eigenvalue weighted by Gasteiger charge is -2.51. The van der Waals surface area contributed by atoms with Crippen molar-refractivity contribution in [3.8, 4) is 0 Å². The molecule has 2 atom stereocenters. The third-order valence-corrected chi connectivity index (χ3v) is 7.23. The number of likely N-dealkylation sites (tertiary alicyclic amines) is 1. The highest BCUT2D eigenvalue weighted by molar-refractivity contribution is 4.98. The Morgan fingerprint density at radius 1 is 0.857 bits per heavy atom. The third kappa shape index (κ3) is 3.32. The van der Waals surface area contributed by atoms with Crippen LogP contribution in [0.4, 0.5) is 0 Å². The summed E-state index contributed by atoms with van der Waals surface area (Å²) >= 11 is 0. The summed E-state index contributed by atoms with van der Waals surface area (Å²) < 4.78 is 0. The Kier molecular flexibility index (Phi) is 4.95. The lowest BCUT2D eigenvalue weighted by Crippen LogP contribution is -2.57. The quantitative estimate of drug-likeness (QED) is 0.768. The molecule has 2 N–H and O–H groups in total. The molecule has 2 aliphatic carbocycles. The van der Waals surface area contributed by atoms with Crippen molar-refractivity contribution < 1.29 is 0 Å². The van der Waals surface area contributed by atoms with Gasteiger partial charge in [-0.2, -0.15) is 0 Å². The van der Waals surface area contributed by atoms with Gasteiger partial charge in [-0.25, -0.2) is 0 Å². The molecule has 1 aliphatic heterocycles. The molecule has 2 heteroatoms. The van der Waals surface area contributed by atoms with E-state index in [2.05, 4.69) is 11.8 Å². The molecule has 2 nitrogen and oxygen atoms in total. The molecule has 0 aromatic heterocycles. The van der Waals surface area contributed by atoms with Gasteiger partial charge < -0.3 is 5.73 Å². The van der Waals surface area contributed by atoms with E-state index in [1.807, 2.05) is 0 Å². The average molecular weight is 293 g/mol. The fourth-order valence-electron chi connectivity index (χ4n) is 5.47. The molecular formula is C19H36N2. The summed E-state index contributed by atoms with van der Waals surface area (Å²) in [6.07, 6.45) is 17.3. The lowest BCUT2D eigenvalue weighted by molar-refractivity contribution is -0.00370. The van der Waals surface area contributed by atoms with Crippen LogP contribution in [0.3, 0.4) is 0 Å². The van der Waals surface area contributed by atoms with E-state index in [4.69, 9.17) is 5.73 Å². The summed E-state index contributed by atoms with van der Waals surface area (Å²) in [6.45, 7) is 5.96. The van der Waals surface area contributed by atoms with Crippen molar-refractivity contribution in [3.05, 3.63) is 0 Å². The Balaban J connectivity index is 1.63. The van der Waals surface area contributed by atoms with E-state index in [0.29, 0.717) is 5.54 Å². The standard InChI is InChI=1S/C19H36N2/c1-17-6-5-10-19(16-20,11-7-17)21-14-12-18(13-15-21)8-3-2-4-9-18/h17H,2-16,20H2,1H3. The summed E-state index contributed by atoms with van der Waals surface area (Å²) in [5.41, 5.74) is 7.39. The first-order valence-electron chi connectivity index (χ1n) is 9.63. The summed E-state index contributed by atoms with van der Waals surface area (Å²) in [5, 5.41) is 0. The SMILES string of the molecule is CC1CCCC(CN)(N2CCC3(CCCCC3)CC2)CC1. The van der Waals surface area contributed by atoms with Crippen molar-refractivity contribution in [2.24, 2.45) is 17.1 Å². The minimum atomic E-state index is 0.348. The van der Waals surface area contributed by atoms with Crippen molar-refractivity contribution in [1.29, 1.82) is 0 Å². The van der Waals surface area contributed by atoms with Gasteiger partial charge in [-0.1, -0.05) is 39.0 Å². The molecule has 3 rings (SSSR count). The first kappa shape index (κ1) is 15.8. The maximum Gasteiger partial charge on any atom is 0.0331 e. The van der Waals surface area contributed by atoms with Crippen LogP contribution in [-0.2, 0) is 0 Å². The van der Waals surface area contributed by atoms with E-state index in [9.17, 15) is 0 Å². The lowest BCUT2D eigenvalue weighted by atomic mass is 9.67. The van der Waals surface area contributed by atoms with Gasteiger partial charge in [0.15, 0.2) is 0 Å².